The highest BCUT2D eigenvalue weighted by Crippen LogP contribution is 2.16. The molecule has 2 unspecified atom stereocenters. The fourth-order valence-corrected chi connectivity index (χ4v) is 2.39. The zero-order valence-corrected chi connectivity index (χ0v) is 11.4. The molecule has 0 bridgehead atoms. The van der Waals surface area contributed by atoms with E-state index in [1.807, 2.05) is 13.8 Å². The lowest BCUT2D eigenvalue weighted by Gasteiger charge is -2.31. The second kappa shape index (κ2) is 7.34. The topological polar surface area (TPSA) is 82.2 Å². The molecule has 0 radical (unpaired) electrons. The molecule has 1 amide bonds. The molecule has 1 rings (SSSR count). The Kier molecular flexibility index (Phi) is 6.10. The van der Waals surface area contributed by atoms with Gasteiger partial charge in [-0.1, -0.05) is 0 Å². The Morgan fingerprint density at radius 2 is 2.33 bits per heavy atom. The number of likely N-dealkylation sites (tertiary alicyclic amines) is 1. The van der Waals surface area contributed by atoms with Gasteiger partial charge in [-0.25, -0.2) is 0 Å². The number of carbonyl (C=O) groups is 1. The number of amides is 1. The molecular formula is C13H24N4O. The van der Waals surface area contributed by atoms with Gasteiger partial charge in [0, 0.05) is 19.1 Å². The van der Waals surface area contributed by atoms with E-state index in [0.717, 1.165) is 38.9 Å². The number of nitrogens with zero attached hydrogens (tertiary/aromatic N) is 2. The number of primary amides is 1. The zero-order chi connectivity index (χ0) is 13.5. The molecule has 18 heavy (non-hydrogen) atoms. The monoisotopic (exact) mass is 252 g/mol. The van der Waals surface area contributed by atoms with E-state index in [0.29, 0.717) is 6.04 Å². The maximum Gasteiger partial charge on any atom is 0.221 e. The molecule has 0 aromatic heterocycles. The first-order valence-corrected chi connectivity index (χ1v) is 6.70. The molecule has 0 aromatic rings. The summed E-state index contributed by atoms with van der Waals surface area (Å²) in [5.74, 6) is -0.214. The Labute approximate surface area is 109 Å². The van der Waals surface area contributed by atoms with Crippen LogP contribution < -0.4 is 11.1 Å². The molecule has 5 nitrogen and oxygen atoms in total. The number of hydrogen-bond acceptors (Lipinski definition) is 4. The molecule has 0 aromatic carbocycles. The quantitative estimate of drug-likeness (QED) is 0.719. The van der Waals surface area contributed by atoms with Gasteiger partial charge in [-0.3, -0.25) is 10.1 Å². The van der Waals surface area contributed by atoms with E-state index >= 15 is 0 Å². The van der Waals surface area contributed by atoms with E-state index in [1.54, 1.807) is 0 Å². The van der Waals surface area contributed by atoms with Crippen LogP contribution in [0.4, 0.5) is 0 Å². The molecule has 0 aliphatic carbocycles. The smallest absolute Gasteiger partial charge is 0.221 e. The van der Waals surface area contributed by atoms with E-state index in [-0.39, 0.29) is 17.9 Å². The molecule has 102 valence electrons. The van der Waals surface area contributed by atoms with Gasteiger partial charge in [-0.2, -0.15) is 5.26 Å². The SMILES string of the molecule is CC(C)NC(C#N)CCN1CCCC(C(N)=O)C1. The molecule has 1 fully saturated rings. The summed E-state index contributed by atoms with van der Waals surface area (Å²) < 4.78 is 0. The fourth-order valence-electron chi connectivity index (χ4n) is 2.39. The number of hydrogen-bond donors (Lipinski definition) is 2. The normalized spacial score (nSPS) is 22.7. The minimum absolute atomic E-state index is 0.0163. The van der Waals surface area contributed by atoms with Crippen LogP contribution in [0.5, 0.6) is 0 Å². The van der Waals surface area contributed by atoms with Crippen molar-refractivity contribution in [3.8, 4) is 6.07 Å². The van der Waals surface area contributed by atoms with Crippen molar-refractivity contribution in [2.45, 2.75) is 45.2 Å². The predicted molar refractivity (Wildman–Crippen MR) is 70.6 cm³/mol. The van der Waals surface area contributed by atoms with Gasteiger partial charge < -0.3 is 10.6 Å². The lowest BCUT2D eigenvalue weighted by atomic mass is 9.97. The summed E-state index contributed by atoms with van der Waals surface area (Å²) in [7, 11) is 0. The second-order valence-electron chi connectivity index (χ2n) is 5.33. The van der Waals surface area contributed by atoms with E-state index in [9.17, 15) is 4.79 Å². The predicted octanol–water partition coefficient (Wildman–Crippen LogP) is 0.464. The van der Waals surface area contributed by atoms with E-state index in [1.165, 1.54) is 0 Å². The zero-order valence-electron chi connectivity index (χ0n) is 11.4. The molecule has 1 aliphatic heterocycles. The van der Waals surface area contributed by atoms with Crippen molar-refractivity contribution in [3.05, 3.63) is 0 Å². The summed E-state index contributed by atoms with van der Waals surface area (Å²) >= 11 is 0. The van der Waals surface area contributed by atoms with E-state index in [4.69, 9.17) is 11.0 Å². The molecule has 3 N–H and O–H groups in total. The van der Waals surface area contributed by atoms with Crippen molar-refractivity contribution < 1.29 is 4.79 Å². The molecule has 0 spiro atoms. The van der Waals surface area contributed by atoms with Gasteiger partial charge in [-0.05, 0) is 39.7 Å². The van der Waals surface area contributed by atoms with Crippen molar-refractivity contribution in [1.29, 1.82) is 5.26 Å². The number of carbonyl (C=O) groups excluding carboxylic acids is 1. The van der Waals surface area contributed by atoms with Crippen LogP contribution in [0, 0.1) is 17.2 Å². The van der Waals surface area contributed by atoms with Crippen LogP contribution in [-0.4, -0.2) is 42.5 Å². The average molecular weight is 252 g/mol. The van der Waals surface area contributed by atoms with Crippen LogP contribution in [0.2, 0.25) is 0 Å². The van der Waals surface area contributed by atoms with Gasteiger partial charge in [0.25, 0.3) is 0 Å². The van der Waals surface area contributed by atoms with Crippen molar-refractivity contribution in [2.24, 2.45) is 11.7 Å². The molecule has 5 heteroatoms. The van der Waals surface area contributed by atoms with Crippen molar-refractivity contribution in [3.63, 3.8) is 0 Å². The number of piperidine rings is 1. The van der Waals surface area contributed by atoms with Crippen LogP contribution in [0.3, 0.4) is 0 Å². The standard InChI is InChI=1S/C13H24N4O/c1-10(2)16-12(8-14)5-7-17-6-3-4-11(9-17)13(15)18/h10-12,16H,3-7,9H2,1-2H3,(H2,15,18). The van der Waals surface area contributed by atoms with Gasteiger partial charge in [0.15, 0.2) is 0 Å². The highest BCUT2D eigenvalue weighted by atomic mass is 16.1. The fraction of sp³-hybridized carbons (Fsp3) is 0.846. The Morgan fingerprint density at radius 3 is 2.89 bits per heavy atom. The van der Waals surface area contributed by atoms with Crippen LogP contribution in [0.25, 0.3) is 0 Å². The van der Waals surface area contributed by atoms with Crippen LogP contribution in [0.1, 0.15) is 33.1 Å². The van der Waals surface area contributed by atoms with Crippen molar-refractivity contribution >= 4 is 5.91 Å². The van der Waals surface area contributed by atoms with Crippen LogP contribution in [0.15, 0.2) is 0 Å². The number of nitriles is 1. The molecular weight excluding hydrogens is 228 g/mol. The van der Waals surface area contributed by atoms with Gasteiger partial charge in [0.1, 0.15) is 0 Å². The number of nitrogens with two attached hydrogens (primary N) is 1. The third-order valence-corrected chi connectivity index (χ3v) is 3.33. The maximum atomic E-state index is 11.2. The first kappa shape index (κ1) is 14.9. The third kappa shape index (κ3) is 5.03. The summed E-state index contributed by atoms with van der Waals surface area (Å²) in [6, 6.07) is 2.48. The lowest BCUT2D eigenvalue weighted by Crippen LogP contribution is -2.43. The van der Waals surface area contributed by atoms with E-state index in [2.05, 4.69) is 16.3 Å². The minimum Gasteiger partial charge on any atom is -0.369 e. The Hall–Kier alpha value is -1.12. The number of nitrogens with one attached hydrogen (secondary N) is 1. The summed E-state index contributed by atoms with van der Waals surface area (Å²) in [6.07, 6.45) is 2.71. The maximum absolute atomic E-state index is 11.2. The molecule has 0 saturated carbocycles. The summed E-state index contributed by atoms with van der Waals surface area (Å²) in [5, 5.41) is 12.3. The van der Waals surface area contributed by atoms with Crippen LogP contribution in [-0.2, 0) is 4.79 Å². The van der Waals surface area contributed by atoms with Crippen LogP contribution >= 0.6 is 0 Å². The Bertz CT molecular complexity index is 311. The first-order valence-electron chi connectivity index (χ1n) is 6.70. The highest BCUT2D eigenvalue weighted by Gasteiger charge is 2.24. The molecule has 1 aliphatic rings. The molecule has 2 atom stereocenters. The Morgan fingerprint density at radius 1 is 1.61 bits per heavy atom. The average Bonchev–Trinajstić information content (AvgIpc) is 2.34. The van der Waals surface area contributed by atoms with Gasteiger partial charge in [-0.15, -0.1) is 0 Å². The second-order valence-corrected chi connectivity index (χ2v) is 5.33. The van der Waals surface area contributed by atoms with Gasteiger partial charge >= 0.3 is 0 Å². The number of rotatable bonds is 6. The highest BCUT2D eigenvalue weighted by molar-refractivity contribution is 5.76. The summed E-state index contributed by atoms with van der Waals surface area (Å²) in [6.45, 7) is 6.67. The van der Waals surface area contributed by atoms with E-state index < -0.39 is 0 Å². The Balaban J connectivity index is 2.34. The van der Waals surface area contributed by atoms with Gasteiger partial charge in [0.2, 0.25) is 5.91 Å². The van der Waals surface area contributed by atoms with Crippen molar-refractivity contribution in [1.82, 2.24) is 10.2 Å². The van der Waals surface area contributed by atoms with Gasteiger partial charge in [0.05, 0.1) is 18.0 Å². The third-order valence-electron chi connectivity index (χ3n) is 3.33. The van der Waals surface area contributed by atoms with Crippen molar-refractivity contribution in [2.75, 3.05) is 19.6 Å². The minimum atomic E-state index is -0.197. The molecule has 1 heterocycles. The first-order chi connectivity index (χ1) is 8.52. The molecule has 1 saturated heterocycles. The largest absolute Gasteiger partial charge is 0.369 e. The summed E-state index contributed by atoms with van der Waals surface area (Å²) in [4.78, 5) is 13.4. The summed E-state index contributed by atoms with van der Waals surface area (Å²) in [5.41, 5.74) is 5.35. The lowest BCUT2D eigenvalue weighted by molar-refractivity contribution is -0.123.